The lowest BCUT2D eigenvalue weighted by atomic mass is 10.2. The van der Waals surface area contributed by atoms with Gasteiger partial charge in [0.05, 0.1) is 19.7 Å². The SMILES string of the molecule is COc1ccc(N2C[C@@H](NC(=O)NC[C@H]3COc4ccccc4O3)CC2=O)cc1. The second-order valence-corrected chi connectivity index (χ2v) is 6.96. The molecule has 2 aliphatic rings. The first-order valence-electron chi connectivity index (χ1n) is 9.49. The summed E-state index contributed by atoms with van der Waals surface area (Å²) in [6.45, 7) is 1.10. The van der Waals surface area contributed by atoms with Crippen LogP contribution in [0.15, 0.2) is 48.5 Å². The molecule has 0 bridgehead atoms. The Labute approximate surface area is 168 Å². The lowest BCUT2D eigenvalue weighted by Gasteiger charge is -2.26. The number of ether oxygens (including phenoxy) is 3. The molecule has 0 aromatic heterocycles. The smallest absolute Gasteiger partial charge is 0.315 e. The molecule has 29 heavy (non-hydrogen) atoms. The number of rotatable bonds is 5. The maximum absolute atomic E-state index is 12.3. The van der Waals surface area contributed by atoms with Crippen molar-refractivity contribution in [3.63, 3.8) is 0 Å². The van der Waals surface area contributed by atoms with E-state index in [4.69, 9.17) is 14.2 Å². The van der Waals surface area contributed by atoms with Crippen LogP contribution in [0.3, 0.4) is 0 Å². The minimum Gasteiger partial charge on any atom is -0.497 e. The number of carbonyl (C=O) groups is 2. The van der Waals surface area contributed by atoms with Crippen LogP contribution in [0.1, 0.15) is 6.42 Å². The minimum atomic E-state index is -0.332. The molecule has 152 valence electrons. The molecule has 2 N–H and O–H groups in total. The molecule has 2 heterocycles. The van der Waals surface area contributed by atoms with Gasteiger partial charge in [-0.25, -0.2) is 4.79 Å². The largest absolute Gasteiger partial charge is 0.497 e. The van der Waals surface area contributed by atoms with E-state index in [0.29, 0.717) is 31.2 Å². The highest BCUT2D eigenvalue weighted by Crippen LogP contribution is 2.30. The molecule has 3 amide bonds. The highest BCUT2D eigenvalue weighted by molar-refractivity contribution is 5.96. The van der Waals surface area contributed by atoms with E-state index < -0.39 is 0 Å². The number of nitrogens with zero attached hydrogens (tertiary/aromatic N) is 1. The monoisotopic (exact) mass is 397 g/mol. The standard InChI is InChI=1S/C21H23N3O5/c1-27-16-8-6-15(7-9-16)24-12-14(10-20(24)25)23-21(26)22-11-17-13-28-18-4-2-3-5-19(18)29-17/h2-9,14,17H,10-13H2,1H3,(H2,22,23,26)/t14-,17-/m0/s1. The molecule has 4 rings (SSSR count). The van der Waals surface area contributed by atoms with E-state index in [1.807, 2.05) is 36.4 Å². The van der Waals surface area contributed by atoms with Crippen molar-refractivity contribution in [2.75, 3.05) is 31.7 Å². The Bertz CT molecular complexity index is 886. The number of amides is 3. The van der Waals surface area contributed by atoms with Crippen LogP contribution in [0.25, 0.3) is 0 Å². The van der Waals surface area contributed by atoms with Crippen molar-refractivity contribution in [2.45, 2.75) is 18.6 Å². The number of hydrogen-bond acceptors (Lipinski definition) is 5. The molecule has 2 aromatic rings. The molecular formula is C21H23N3O5. The Morgan fingerprint density at radius 2 is 1.93 bits per heavy atom. The van der Waals surface area contributed by atoms with E-state index in [-0.39, 0.29) is 30.5 Å². The van der Waals surface area contributed by atoms with Gasteiger partial charge in [-0.15, -0.1) is 0 Å². The first-order chi connectivity index (χ1) is 14.1. The second kappa shape index (κ2) is 8.30. The van der Waals surface area contributed by atoms with Crippen LogP contribution in [0.2, 0.25) is 0 Å². The first-order valence-corrected chi connectivity index (χ1v) is 9.49. The predicted octanol–water partition coefficient (Wildman–Crippen LogP) is 1.94. The Balaban J connectivity index is 1.25. The fraction of sp³-hybridized carbons (Fsp3) is 0.333. The third-order valence-electron chi connectivity index (χ3n) is 4.90. The van der Waals surface area contributed by atoms with Crippen LogP contribution in [-0.2, 0) is 4.79 Å². The van der Waals surface area contributed by atoms with Crippen molar-refractivity contribution in [1.82, 2.24) is 10.6 Å². The number of carbonyl (C=O) groups excluding carboxylic acids is 2. The van der Waals surface area contributed by atoms with Gasteiger partial charge in [0, 0.05) is 18.7 Å². The number of methoxy groups -OCH3 is 1. The summed E-state index contributed by atoms with van der Waals surface area (Å²) in [7, 11) is 1.60. The summed E-state index contributed by atoms with van der Waals surface area (Å²) in [5.41, 5.74) is 0.784. The van der Waals surface area contributed by atoms with Crippen LogP contribution in [0.5, 0.6) is 17.2 Å². The quantitative estimate of drug-likeness (QED) is 0.805. The van der Waals surface area contributed by atoms with Gasteiger partial charge in [-0.3, -0.25) is 4.79 Å². The predicted molar refractivity (Wildman–Crippen MR) is 107 cm³/mol. The van der Waals surface area contributed by atoms with E-state index in [1.54, 1.807) is 24.1 Å². The van der Waals surface area contributed by atoms with Crippen molar-refractivity contribution in [3.8, 4) is 17.2 Å². The van der Waals surface area contributed by atoms with Crippen molar-refractivity contribution in [3.05, 3.63) is 48.5 Å². The van der Waals surface area contributed by atoms with E-state index in [1.165, 1.54) is 0 Å². The van der Waals surface area contributed by atoms with Crippen LogP contribution in [-0.4, -0.2) is 50.9 Å². The van der Waals surface area contributed by atoms with Gasteiger partial charge in [0.15, 0.2) is 17.6 Å². The topological polar surface area (TPSA) is 89.1 Å². The van der Waals surface area contributed by atoms with E-state index in [9.17, 15) is 9.59 Å². The fourth-order valence-corrected chi connectivity index (χ4v) is 3.42. The molecule has 8 nitrogen and oxygen atoms in total. The second-order valence-electron chi connectivity index (χ2n) is 6.96. The van der Waals surface area contributed by atoms with Gasteiger partial charge in [0.2, 0.25) is 5.91 Å². The number of para-hydroxylation sites is 2. The Hall–Kier alpha value is -3.42. The molecule has 0 radical (unpaired) electrons. The Morgan fingerprint density at radius 3 is 2.69 bits per heavy atom. The summed E-state index contributed by atoms with van der Waals surface area (Å²) >= 11 is 0. The van der Waals surface area contributed by atoms with Crippen molar-refractivity contribution < 1.29 is 23.8 Å². The highest BCUT2D eigenvalue weighted by atomic mass is 16.6. The summed E-state index contributed by atoms with van der Waals surface area (Å²) in [5.74, 6) is 2.07. The highest BCUT2D eigenvalue weighted by Gasteiger charge is 2.32. The molecule has 1 fully saturated rings. The average molecular weight is 397 g/mol. The Kier molecular flexibility index (Phi) is 5.41. The van der Waals surface area contributed by atoms with Gasteiger partial charge in [0.25, 0.3) is 0 Å². The van der Waals surface area contributed by atoms with Crippen LogP contribution >= 0.6 is 0 Å². The van der Waals surface area contributed by atoms with Crippen molar-refractivity contribution >= 4 is 17.6 Å². The molecule has 2 aliphatic heterocycles. The van der Waals surface area contributed by atoms with Gasteiger partial charge in [-0.1, -0.05) is 12.1 Å². The molecule has 1 saturated heterocycles. The third kappa shape index (κ3) is 4.37. The van der Waals surface area contributed by atoms with E-state index >= 15 is 0 Å². The van der Waals surface area contributed by atoms with Crippen LogP contribution in [0, 0.1) is 0 Å². The van der Waals surface area contributed by atoms with Gasteiger partial charge in [0.1, 0.15) is 12.4 Å². The normalized spacial score (nSPS) is 20.3. The molecule has 8 heteroatoms. The minimum absolute atomic E-state index is 0.0268. The van der Waals surface area contributed by atoms with Gasteiger partial charge >= 0.3 is 6.03 Å². The molecule has 0 spiro atoms. The number of fused-ring (bicyclic) bond motifs is 1. The van der Waals surface area contributed by atoms with Crippen molar-refractivity contribution in [1.29, 1.82) is 0 Å². The van der Waals surface area contributed by atoms with Crippen LogP contribution < -0.4 is 29.7 Å². The first kappa shape index (κ1) is 18.9. The number of anilines is 1. The fourth-order valence-electron chi connectivity index (χ4n) is 3.42. The summed E-state index contributed by atoms with van der Waals surface area (Å²) in [5, 5.41) is 5.65. The molecular weight excluding hydrogens is 374 g/mol. The third-order valence-corrected chi connectivity index (χ3v) is 4.90. The zero-order valence-electron chi connectivity index (χ0n) is 16.1. The Morgan fingerprint density at radius 1 is 1.17 bits per heavy atom. The lowest BCUT2D eigenvalue weighted by molar-refractivity contribution is -0.117. The van der Waals surface area contributed by atoms with E-state index in [0.717, 1.165) is 11.4 Å². The number of hydrogen-bond donors (Lipinski definition) is 2. The van der Waals surface area contributed by atoms with Gasteiger partial charge in [-0.05, 0) is 36.4 Å². The zero-order valence-corrected chi connectivity index (χ0v) is 16.1. The summed E-state index contributed by atoms with van der Waals surface area (Å²) in [6, 6.07) is 14.1. The summed E-state index contributed by atoms with van der Waals surface area (Å²) in [4.78, 5) is 26.3. The summed E-state index contributed by atoms with van der Waals surface area (Å²) in [6.07, 6.45) is -0.00720. The number of benzene rings is 2. The summed E-state index contributed by atoms with van der Waals surface area (Å²) < 4.78 is 16.6. The van der Waals surface area contributed by atoms with Crippen LogP contribution in [0.4, 0.5) is 10.5 Å². The zero-order chi connectivity index (χ0) is 20.2. The maximum Gasteiger partial charge on any atom is 0.315 e. The van der Waals surface area contributed by atoms with Gasteiger partial charge in [-0.2, -0.15) is 0 Å². The number of nitrogens with one attached hydrogen (secondary N) is 2. The number of urea groups is 1. The lowest BCUT2D eigenvalue weighted by Crippen LogP contribution is -2.47. The van der Waals surface area contributed by atoms with E-state index in [2.05, 4.69) is 10.6 Å². The average Bonchev–Trinajstić information content (AvgIpc) is 3.12. The van der Waals surface area contributed by atoms with Crippen molar-refractivity contribution in [2.24, 2.45) is 0 Å². The molecule has 2 aromatic carbocycles. The molecule has 0 saturated carbocycles. The van der Waals surface area contributed by atoms with Gasteiger partial charge < -0.3 is 29.7 Å². The maximum atomic E-state index is 12.3. The molecule has 2 atom stereocenters. The molecule has 0 unspecified atom stereocenters. The molecule has 0 aliphatic carbocycles.